The Bertz CT molecular complexity index is 643. The standard InChI is InChI=1S/C14H14ClN3O2S/c15-11-7-6-10(21-11)8-17-14(19)12(13(16)18-20)9-4-2-1-3-5-9/h1-7,12,20H,8H2,(H2,16,18)(H,17,19). The molecule has 1 amide bonds. The van der Waals surface area contributed by atoms with Crippen molar-refractivity contribution in [1.29, 1.82) is 0 Å². The zero-order chi connectivity index (χ0) is 15.2. The van der Waals surface area contributed by atoms with Crippen LogP contribution >= 0.6 is 22.9 Å². The first-order valence-electron chi connectivity index (χ1n) is 6.16. The maximum absolute atomic E-state index is 12.3. The summed E-state index contributed by atoms with van der Waals surface area (Å²) in [6, 6.07) is 12.5. The fourth-order valence-electron chi connectivity index (χ4n) is 1.88. The Labute approximate surface area is 131 Å². The Kier molecular flexibility index (Phi) is 5.19. The Hall–Kier alpha value is -2.05. The maximum Gasteiger partial charge on any atom is 0.235 e. The van der Waals surface area contributed by atoms with Crippen molar-refractivity contribution in [3.05, 3.63) is 57.2 Å². The second-order valence-electron chi connectivity index (χ2n) is 4.29. The number of benzene rings is 1. The van der Waals surface area contributed by atoms with Crippen LogP contribution in [-0.2, 0) is 11.3 Å². The van der Waals surface area contributed by atoms with Crippen molar-refractivity contribution in [3.63, 3.8) is 0 Å². The van der Waals surface area contributed by atoms with Gasteiger partial charge in [-0.05, 0) is 17.7 Å². The van der Waals surface area contributed by atoms with Crippen LogP contribution in [0.15, 0.2) is 47.6 Å². The molecule has 0 bridgehead atoms. The Morgan fingerprint density at radius 2 is 2.05 bits per heavy atom. The monoisotopic (exact) mass is 323 g/mol. The highest BCUT2D eigenvalue weighted by molar-refractivity contribution is 7.16. The van der Waals surface area contributed by atoms with Crippen molar-refractivity contribution in [1.82, 2.24) is 5.32 Å². The summed E-state index contributed by atoms with van der Waals surface area (Å²) in [5, 5.41) is 14.6. The lowest BCUT2D eigenvalue weighted by Gasteiger charge is -2.15. The number of carbonyl (C=O) groups excluding carboxylic acids is 1. The van der Waals surface area contributed by atoms with Gasteiger partial charge >= 0.3 is 0 Å². The number of nitrogens with two attached hydrogens (primary N) is 1. The number of oxime groups is 1. The summed E-state index contributed by atoms with van der Waals surface area (Å²) in [6.45, 7) is 0.345. The highest BCUT2D eigenvalue weighted by Crippen LogP contribution is 2.22. The first-order valence-corrected chi connectivity index (χ1v) is 7.35. The van der Waals surface area contributed by atoms with E-state index >= 15 is 0 Å². The molecule has 0 aliphatic rings. The summed E-state index contributed by atoms with van der Waals surface area (Å²) in [4.78, 5) is 13.2. The van der Waals surface area contributed by atoms with E-state index in [4.69, 9.17) is 22.5 Å². The van der Waals surface area contributed by atoms with Crippen LogP contribution in [0.2, 0.25) is 4.34 Å². The lowest BCUT2D eigenvalue weighted by molar-refractivity contribution is -0.121. The first-order chi connectivity index (χ1) is 10.1. The number of hydrogen-bond donors (Lipinski definition) is 3. The van der Waals surface area contributed by atoms with Gasteiger partial charge in [-0.25, -0.2) is 0 Å². The highest BCUT2D eigenvalue weighted by atomic mass is 35.5. The molecule has 1 heterocycles. The molecule has 4 N–H and O–H groups in total. The fourth-order valence-corrected chi connectivity index (χ4v) is 2.91. The van der Waals surface area contributed by atoms with E-state index in [1.54, 1.807) is 30.3 Å². The number of thiophene rings is 1. The average Bonchev–Trinajstić information content (AvgIpc) is 2.92. The SMILES string of the molecule is NC(=NO)C(C(=O)NCc1ccc(Cl)s1)c1ccccc1. The van der Waals surface area contributed by atoms with Gasteiger partial charge in [0.2, 0.25) is 5.91 Å². The van der Waals surface area contributed by atoms with E-state index in [-0.39, 0.29) is 11.7 Å². The smallest absolute Gasteiger partial charge is 0.235 e. The van der Waals surface area contributed by atoms with Gasteiger partial charge in [0.25, 0.3) is 0 Å². The highest BCUT2D eigenvalue weighted by Gasteiger charge is 2.25. The fraction of sp³-hybridized carbons (Fsp3) is 0.143. The van der Waals surface area contributed by atoms with E-state index in [2.05, 4.69) is 10.5 Å². The molecule has 7 heteroatoms. The summed E-state index contributed by atoms with van der Waals surface area (Å²) < 4.78 is 0.662. The molecule has 0 spiro atoms. The van der Waals surface area contributed by atoms with Gasteiger partial charge in [-0.1, -0.05) is 47.1 Å². The number of hydrogen-bond acceptors (Lipinski definition) is 4. The molecule has 21 heavy (non-hydrogen) atoms. The predicted molar refractivity (Wildman–Crippen MR) is 83.8 cm³/mol. The molecule has 2 rings (SSSR count). The van der Waals surface area contributed by atoms with Crippen molar-refractivity contribution >= 4 is 34.7 Å². The van der Waals surface area contributed by atoms with Gasteiger partial charge in [0.05, 0.1) is 10.9 Å². The van der Waals surface area contributed by atoms with Crippen molar-refractivity contribution in [2.75, 3.05) is 0 Å². The summed E-state index contributed by atoms with van der Waals surface area (Å²) in [5.74, 6) is -1.31. The minimum atomic E-state index is -0.827. The summed E-state index contributed by atoms with van der Waals surface area (Å²) in [5.41, 5.74) is 6.31. The van der Waals surface area contributed by atoms with Crippen molar-refractivity contribution in [3.8, 4) is 0 Å². The van der Waals surface area contributed by atoms with Gasteiger partial charge in [0.1, 0.15) is 5.92 Å². The average molecular weight is 324 g/mol. The molecule has 1 aromatic heterocycles. The number of carbonyl (C=O) groups is 1. The Morgan fingerprint density at radius 1 is 1.33 bits per heavy atom. The van der Waals surface area contributed by atoms with Crippen LogP contribution in [0.1, 0.15) is 16.4 Å². The minimum absolute atomic E-state index is 0.150. The molecule has 1 atom stereocenters. The molecule has 5 nitrogen and oxygen atoms in total. The molecule has 0 saturated heterocycles. The third-order valence-corrected chi connectivity index (χ3v) is 4.10. The van der Waals surface area contributed by atoms with E-state index in [0.717, 1.165) is 4.88 Å². The molecular weight excluding hydrogens is 310 g/mol. The van der Waals surface area contributed by atoms with Gasteiger partial charge in [0, 0.05) is 4.88 Å². The second-order valence-corrected chi connectivity index (χ2v) is 6.09. The van der Waals surface area contributed by atoms with Gasteiger partial charge in [-0.2, -0.15) is 0 Å². The quantitative estimate of drug-likeness (QED) is 0.342. The van der Waals surface area contributed by atoms with Crippen LogP contribution in [0.3, 0.4) is 0 Å². The predicted octanol–water partition coefficient (Wildman–Crippen LogP) is 2.55. The third-order valence-electron chi connectivity index (χ3n) is 2.87. The van der Waals surface area contributed by atoms with E-state index in [0.29, 0.717) is 16.4 Å². The van der Waals surface area contributed by atoms with Crippen LogP contribution in [0.5, 0.6) is 0 Å². The zero-order valence-corrected chi connectivity index (χ0v) is 12.6. The van der Waals surface area contributed by atoms with Crippen molar-refractivity contribution < 1.29 is 10.0 Å². The van der Waals surface area contributed by atoms with Crippen molar-refractivity contribution in [2.24, 2.45) is 10.9 Å². The van der Waals surface area contributed by atoms with E-state index < -0.39 is 5.92 Å². The van der Waals surface area contributed by atoms with Gasteiger partial charge in [-0.15, -0.1) is 11.3 Å². The molecule has 0 aliphatic heterocycles. The molecular formula is C14H14ClN3O2S. The maximum atomic E-state index is 12.3. The van der Waals surface area contributed by atoms with Gasteiger partial charge in [-0.3, -0.25) is 4.79 Å². The molecule has 0 fully saturated rings. The molecule has 2 aromatic rings. The van der Waals surface area contributed by atoms with Crippen LogP contribution in [-0.4, -0.2) is 17.0 Å². The normalized spacial score (nSPS) is 12.9. The van der Waals surface area contributed by atoms with Crippen LogP contribution < -0.4 is 11.1 Å². The number of nitrogens with zero attached hydrogens (tertiary/aromatic N) is 1. The topological polar surface area (TPSA) is 87.7 Å². The summed E-state index contributed by atoms with van der Waals surface area (Å²) in [7, 11) is 0. The van der Waals surface area contributed by atoms with E-state index in [1.807, 2.05) is 12.1 Å². The summed E-state index contributed by atoms with van der Waals surface area (Å²) >= 11 is 7.23. The molecule has 0 saturated carbocycles. The molecule has 110 valence electrons. The van der Waals surface area contributed by atoms with Crippen LogP contribution in [0.4, 0.5) is 0 Å². The number of nitrogens with one attached hydrogen (secondary N) is 1. The molecule has 0 radical (unpaired) electrons. The number of rotatable bonds is 5. The lowest BCUT2D eigenvalue weighted by Crippen LogP contribution is -2.36. The minimum Gasteiger partial charge on any atom is -0.409 e. The van der Waals surface area contributed by atoms with E-state index in [9.17, 15) is 4.79 Å². The zero-order valence-electron chi connectivity index (χ0n) is 11.0. The number of amidine groups is 1. The number of halogens is 1. The number of amides is 1. The van der Waals surface area contributed by atoms with Gasteiger partial charge < -0.3 is 16.3 Å². The van der Waals surface area contributed by atoms with E-state index in [1.165, 1.54) is 11.3 Å². The lowest BCUT2D eigenvalue weighted by atomic mass is 9.97. The van der Waals surface area contributed by atoms with Crippen LogP contribution in [0.25, 0.3) is 0 Å². The van der Waals surface area contributed by atoms with Crippen LogP contribution in [0, 0.1) is 0 Å². The Morgan fingerprint density at radius 3 is 2.62 bits per heavy atom. The Balaban J connectivity index is 2.12. The van der Waals surface area contributed by atoms with Gasteiger partial charge in [0.15, 0.2) is 5.84 Å². The third kappa shape index (κ3) is 3.96. The summed E-state index contributed by atoms with van der Waals surface area (Å²) in [6.07, 6.45) is 0. The largest absolute Gasteiger partial charge is 0.409 e. The molecule has 0 aliphatic carbocycles. The second kappa shape index (κ2) is 7.10. The molecule has 1 aromatic carbocycles. The first kappa shape index (κ1) is 15.3. The molecule has 1 unspecified atom stereocenters. The van der Waals surface area contributed by atoms with Crippen molar-refractivity contribution in [2.45, 2.75) is 12.5 Å².